The van der Waals surface area contributed by atoms with Crippen LogP contribution in [0.15, 0.2) is 46.2 Å². The summed E-state index contributed by atoms with van der Waals surface area (Å²) >= 11 is 0. The van der Waals surface area contributed by atoms with E-state index in [1.54, 1.807) is 0 Å². The minimum Gasteiger partial charge on any atom is -0.326 e. The SMILES string of the molecule is CC(=O)Nc1[c]cc(S(=O)(=O)O)c(Nc2nc(F)nc(Nc3cccc(S(=O)(=O)O)c3)n2)c1. The molecule has 16 heteroatoms. The quantitative estimate of drug-likeness (QED) is 0.297. The van der Waals surface area contributed by atoms with Gasteiger partial charge in [0, 0.05) is 18.7 Å². The van der Waals surface area contributed by atoms with Gasteiger partial charge in [0.05, 0.1) is 16.3 Å². The average Bonchev–Trinajstić information content (AvgIpc) is 2.66. The fraction of sp³-hybridized carbons (Fsp3) is 0.0588. The Morgan fingerprint density at radius 1 is 1.00 bits per heavy atom. The van der Waals surface area contributed by atoms with Crippen LogP contribution in [0.3, 0.4) is 0 Å². The van der Waals surface area contributed by atoms with Gasteiger partial charge in [0.25, 0.3) is 20.2 Å². The minimum absolute atomic E-state index is 0.0345. The molecule has 0 aliphatic heterocycles. The summed E-state index contributed by atoms with van der Waals surface area (Å²) in [6.45, 7) is 1.20. The van der Waals surface area contributed by atoms with Gasteiger partial charge in [-0.2, -0.15) is 36.2 Å². The summed E-state index contributed by atoms with van der Waals surface area (Å²) in [5, 5.41) is 7.29. The molecule has 0 fully saturated rings. The lowest BCUT2D eigenvalue weighted by molar-refractivity contribution is -0.114. The van der Waals surface area contributed by atoms with Crippen LogP contribution in [-0.4, -0.2) is 46.8 Å². The maximum atomic E-state index is 14.0. The summed E-state index contributed by atoms with van der Waals surface area (Å²) in [6, 6.07) is 9.26. The van der Waals surface area contributed by atoms with Gasteiger partial charge in [0.15, 0.2) is 0 Å². The predicted molar refractivity (Wildman–Crippen MR) is 112 cm³/mol. The van der Waals surface area contributed by atoms with E-state index in [0.717, 1.165) is 24.3 Å². The maximum absolute atomic E-state index is 14.0. The van der Waals surface area contributed by atoms with E-state index < -0.39 is 53.9 Å². The van der Waals surface area contributed by atoms with Crippen molar-refractivity contribution in [2.45, 2.75) is 16.7 Å². The molecule has 2 aromatic carbocycles. The third-order valence-electron chi connectivity index (χ3n) is 3.74. The fourth-order valence-electron chi connectivity index (χ4n) is 2.50. The number of benzene rings is 2. The van der Waals surface area contributed by atoms with Crippen molar-refractivity contribution in [2.75, 3.05) is 16.0 Å². The summed E-state index contributed by atoms with van der Waals surface area (Å²) in [5.41, 5.74) is -0.209. The zero-order chi connectivity index (χ0) is 24.4. The highest BCUT2D eigenvalue weighted by Crippen LogP contribution is 2.27. The van der Waals surface area contributed by atoms with Crippen LogP contribution in [-0.2, 0) is 25.0 Å². The van der Waals surface area contributed by atoms with Crippen LogP contribution in [0.1, 0.15) is 6.92 Å². The Morgan fingerprint density at radius 2 is 1.67 bits per heavy atom. The van der Waals surface area contributed by atoms with Gasteiger partial charge in [0.2, 0.25) is 17.8 Å². The molecule has 0 aliphatic carbocycles. The van der Waals surface area contributed by atoms with Gasteiger partial charge in [-0.25, -0.2) is 0 Å². The normalized spacial score (nSPS) is 11.6. The van der Waals surface area contributed by atoms with E-state index in [1.807, 2.05) is 0 Å². The zero-order valence-corrected chi connectivity index (χ0v) is 18.1. The van der Waals surface area contributed by atoms with E-state index in [9.17, 15) is 30.6 Å². The topological polar surface area (TPSA) is 201 Å². The first-order valence-electron chi connectivity index (χ1n) is 8.65. The van der Waals surface area contributed by atoms with Gasteiger partial charge in [-0.1, -0.05) is 6.07 Å². The number of aromatic nitrogens is 3. The molecule has 0 saturated heterocycles. The molecule has 3 rings (SSSR count). The van der Waals surface area contributed by atoms with Crippen molar-refractivity contribution in [3.05, 3.63) is 48.5 Å². The first-order valence-corrected chi connectivity index (χ1v) is 11.5. The Kier molecular flexibility index (Phi) is 6.54. The predicted octanol–water partition coefficient (Wildman–Crippen LogP) is 1.75. The van der Waals surface area contributed by atoms with Crippen LogP contribution in [0.2, 0.25) is 0 Å². The number of carbonyl (C=O) groups is 1. The van der Waals surface area contributed by atoms with Gasteiger partial charge < -0.3 is 16.0 Å². The van der Waals surface area contributed by atoms with E-state index in [-0.39, 0.29) is 17.1 Å². The van der Waals surface area contributed by atoms with E-state index in [2.05, 4.69) is 37.0 Å². The lowest BCUT2D eigenvalue weighted by Crippen LogP contribution is -2.11. The van der Waals surface area contributed by atoms with Gasteiger partial charge in [-0.15, -0.1) is 0 Å². The van der Waals surface area contributed by atoms with Crippen molar-refractivity contribution in [1.82, 2.24) is 15.0 Å². The molecule has 0 saturated carbocycles. The molecule has 3 aromatic rings. The molecule has 13 nitrogen and oxygen atoms in total. The summed E-state index contributed by atoms with van der Waals surface area (Å²) in [6.07, 6.45) is -1.29. The highest BCUT2D eigenvalue weighted by atomic mass is 32.2. The van der Waals surface area contributed by atoms with E-state index in [1.165, 1.54) is 19.1 Å². The Hall–Kier alpha value is -3.73. The van der Waals surface area contributed by atoms with Crippen molar-refractivity contribution in [3.8, 4) is 0 Å². The molecule has 0 bridgehead atoms. The molecule has 1 radical (unpaired) electrons. The molecule has 1 heterocycles. The number of anilines is 5. The van der Waals surface area contributed by atoms with Crippen molar-refractivity contribution < 1.29 is 35.1 Å². The first kappa shape index (κ1) is 23.9. The molecular weight excluding hydrogens is 483 g/mol. The number of hydrogen-bond acceptors (Lipinski definition) is 10. The standard InChI is InChI=1S/C17H14FN6O7S2/c1-9(25)19-11-5-6-14(33(29,30)31)13(8-11)21-17-23-15(18)22-16(24-17)20-10-3-2-4-12(7-10)32(26,27)28/h2-4,6-8H,1H3,(H,19,25)(H,26,27,28)(H,29,30,31)(H2,20,21,22,23,24). The number of nitrogens with zero attached hydrogens (tertiary/aromatic N) is 3. The second kappa shape index (κ2) is 9.02. The van der Waals surface area contributed by atoms with Gasteiger partial charge in [0.1, 0.15) is 4.90 Å². The van der Waals surface area contributed by atoms with Crippen molar-refractivity contribution in [1.29, 1.82) is 0 Å². The lowest BCUT2D eigenvalue weighted by Gasteiger charge is -2.12. The number of halogens is 1. The lowest BCUT2D eigenvalue weighted by atomic mass is 10.2. The molecule has 0 aliphatic rings. The number of rotatable bonds is 7. The summed E-state index contributed by atoms with van der Waals surface area (Å²) < 4.78 is 78.4. The molecule has 5 N–H and O–H groups in total. The van der Waals surface area contributed by atoms with Gasteiger partial charge in [-0.3, -0.25) is 13.9 Å². The Balaban J connectivity index is 1.97. The average molecular weight is 497 g/mol. The molecule has 0 spiro atoms. The van der Waals surface area contributed by atoms with Gasteiger partial charge in [-0.05, 0) is 30.3 Å². The molecule has 173 valence electrons. The molecule has 1 aromatic heterocycles. The molecule has 33 heavy (non-hydrogen) atoms. The van der Waals surface area contributed by atoms with Crippen LogP contribution in [0.4, 0.5) is 33.3 Å². The number of hydrogen-bond donors (Lipinski definition) is 5. The van der Waals surface area contributed by atoms with Crippen molar-refractivity contribution in [3.63, 3.8) is 0 Å². The summed E-state index contributed by atoms with van der Waals surface area (Å²) in [7, 11) is -9.25. The Morgan fingerprint density at radius 3 is 2.27 bits per heavy atom. The second-order valence-corrected chi connectivity index (χ2v) is 9.10. The zero-order valence-electron chi connectivity index (χ0n) is 16.4. The van der Waals surface area contributed by atoms with Crippen LogP contribution in [0.5, 0.6) is 0 Å². The van der Waals surface area contributed by atoms with Crippen molar-refractivity contribution in [2.24, 2.45) is 0 Å². The smallest absolute Gasteiger partial charge is 0.315 e. The minimum atomic E-state index is -4.75. The Labute approximate surface area is 186 Å². The second-order valence-electron chi connectivity index (χ2n) is 6.29. The number of amides is 1. The van der Waals surface area contributed by atoms with E-state index >= 15 is 0 Å². The molecule has 0 atom stereocenters. The Bertz CT molecular complexity index is 1450. The van der Waals surface area contributed by atoms with Crippen LogP contribution in [0, 0.1) is 12.1 Å². The first-order chi connectivity index (χ1) is 15.3. The van der Waals surface area contributed by atoms with Gasteiger partial charge >= 0.3 is 6.08 Å². The fourth-order valence-corrected chi connectivity index (χ4v) is 3.62. The van der Waals surface area contributed by atoms with E-state index in [4.69, 9.17) is 4.55 Å². The number of nitrogens with one attached hydrogen (secondary N) is 3. The van der Waals surface area contributed by atoms with Crippen LogP contribution in [0.25, 0.3) is 0 Å². The highest BCUT2D eigenvalue weighted by Gasteiger charge is 2.19. The van der Waals surface area contributed by atoms with Crippen LogP contribution < -0.4 is 16.0 Å². The third kappa shape index (κ3) is 6.39. The third-order valence-corrected chi connectivity index (χ3v) is 5.49. The maximum Gasteiger partial charge on any atom is 0.315 e. The monoisotopic (exact) mass is 497 g/mol. The largest absolute Gasteiger partial charge is 0.326 e. The molecular formula is C17H14FN6O7S2. The molecule has 0 unspecified atom stereocenters. The number of carbonyl (C=O) groups excluding carboxylic acids is 1. The van der Waals surface area contributed by atoms with Crippen LogP contribution >= 0.6 is 0 Å². The van der Waals surface area contributed by atoms with E-state index in [0.29, 0.717) is 0 Å². The van der Waals surface area contributed by atoms with Crippen molar-refractivity contribution >= 4 is 55.1 Å². The summed E-state index contributed by atoms with van der Waals surface area (Å²) in [4.78, 5) is 20.8. The highest BCUT2D eigenvalue weighted by molar-refractivity contribution is 7.86. The summed E-state index contributed by atoms with van der Waals surface area (Å²) in [5.74, 6) is -1.39. The molecule has 1 amide bonds.